The Kier molecular flexibility index (Phi) is 4.96. The Morgan fingerprint density at radius 1 is 1.29 bits per heavy atom. The molecule has 114 valence electrons. The molecular formula is C16H23N3OS. The average Bonchev–Trinajstić information content (AvgIpc) is 2.87. The largest absolute Gasteiger partial charge is 0.310 e. The highest BCUT2D eigenvalue weighted by atomic mass is 32.1. The first-order chi connectivity index (χ1) is 9.90. The second-order valence-electron chi connectivity index (χ2n) is 5.78. The molecule has 0 amide bonds. The Bertz CT molecular complexity index is 646. The van der Waals surface area contributed by atoms with Crippen LogP contribution in [0.2, 0.25) is 0 Å². The zero-order valence-electron chi connectivity index (χ0n) is 13.2. The van der Waals surface area contributed by atoms with E-state index in [1.54, 1.807) is 18.3 Å². The number of hydrogen-bond acceptors (Lipinski definition) is 4. The van der Waals surface area contributed by atoms with Crippen molar-refractivity contribution in [2.24, 2.45) is 5.92 Å². The fourth-order valence-electron chi connectivity index (χ4n) is 2.67. The van der Waals surface area contributed by atoms with Gasteiger partial charge in [0.15, 0.2) is 0 Å². The molecule has 2 aromatic heterocycles. The van der Waals surface area contributed by atoms with E-state index in [4.69, 9.17) is 0 Å². The van der Waals surface area contributed by atoms with Crippen LogP contribution in [0.4, 0.5) is 0 Å². The predicted molar refractivity (Wildman–Crippen MR) is 87.8 cm³/mol. The average molecular weight is 305 g/mol. The van der Waals surface area contributed by atoms with Gasteiger partial charge >= 0.3 is 0 Å². The summed E-state index contributed by atoms with van der Waals surface area (Å²) in [4.78, 5) is 20.7. The third-order valence-electron chi connectivity index (χ3n) is 3.64. The van der Waals surface area contributed by atoms with Gasteiger partial charge in [0.25, 0.3) is 5.56 Å². The lowest BCUT2D eigenvalue weighted by Gasteiger charge is -2.26. The minimum Gasteiger partial charge on any atom is -0.310 e. The van der Waals surface area contributed by atoms with Gasteiger partial charge in [-0.1, -0.05) is 19.9 Å². The number of thiophene rings is 1. The van der Waals surface area contributed by atoms with Gasteiger partial charge < -0.3 is 10.3 Å². The second-order valence-corrected chi connectivity index (χ2v) is 6.76. The lowest BCUT2D eigenvalue weighted by atomic mass is 9.99. The van der Waals surface area contributed by atoms with Gasteiger partial charge in [-0.15, -0.1) is 11.3 Å². The van der Waals surface area contributed by atoms with Gasteiger partial charge in [0.2, 0.25) is 0 Å². The summed E-state index contributed by atoms with van der Waals surface area (Å²) in [7, 11) is 0. The van der Waals surface area contributed by atoms with Gasteiger partial charge in [-0.3, -0.25) is 4.79 Å². The third-order valence-corrected chi connectivity index (χ3v) is 4.60. The lowest BCUT2D eigenvalue weighted by Crippen LogP contribution is -2.32. The Morgan fingerprint density at radius 2 is 2.00 bits per heavy atom. The van der Waals surface area contributed by atoms with Crippen molar-refractivity contribution in [3.63, 3.8) is 0 Å². The van der Waals surface area contributed by atoms with Crippen LogP contribution in [-0.2, 0) is 0 Å². The zero-order chi connectivity index (χ0) is 15.6. The summed E-state index contributed by atoms with van der Waals surface area (Å²) in [5.41, 5.74) is 1.47. The second kappa shape index (κ2) is 6.54. The topological polar surface area (TPSA) is 57.8 Å². The molecule has 0 saturated carbocycles. The first-order valence-electron chi connectivity index (χ1n) is 7.27. The third kappa shape index (κ3) is 3.60. The van der Waals surface area contributed by atoms with Crippen LogP contribution in [0.5, 0.6) is 0 Å². The van der Waals surface area contributed by atoms with Crippen molar-refractivity contribution in [1.29, 1.82) is 0 Å². The molecule has 0 aliphatic carbocycles. The molecule has 2 atom stereocenters. The summed E-state index contributed by atoms with van der Waals surface area (Å²) in [5.74, 6) is 1.11. The molecule has 4 nitrogen and oxygen atoms in total. The summed E-state index contributed by atoms with van der Waals surface area (Å²) in [6.07, 6.45) is 0. The maximum absolute atomic E-state index is 12.2. The molecule has 0 aliphatic rings. The highest BCUT2D eigenvalue weighted by Gasteiger charge is 2.22. The number of H-pyrrole nitrogens is 1. The van der Waals surface area contributed by atoms with Crippen LogP contribution in [0.1, 0.15) is 54.8 Å². The minimum atomic E-state index is -0.0475. The molecule has 5 heteroatoms. The molecule has 0 aromatic carbocycles. The fourth-order valence-corrected chi connectivity index (χ4v) is 3.63. The fraction of sp³-hybridized carbons (Fsp3) is 0.500. The van der Waals surface area contributed by atoms with E-state index in [2.05, 4.69) is 46.6 Å². The van der Waals surface area contributed by atoms with Gasteiger partial charge in [-0.2, -0.15) is 0 Å². The molecule has 0 fully saturated rings. The van der Waals surface area contributed by atoms with Crippen molar-refractivity contribution >= 4 is 11.3 Å². The van der Waals surface area contributed by atoms with Crippen LogP contribution < -0.4 is 10.9 Å². The van der Waals surface area contributed by atoms with Crippen LogP contribution in [-0.4, -0.2) is 9.97 Å². The number of nitrogens with one attached hydrogen (secondary N) is 2. The van der Waals surface area contributed by atoms with Crippen molar-refractivity contribution in [2.75, 3.05) is 0 Å². The Hall–Kier alpha value is -1.46. The Balaban J connectivity index is 2.28. The van der Waals surface area contributed by atoms with Crippen molar-refractivity contribution in [3.05, 3.63) is 49.8 Å². The van der Waals surface area contributed by atoms with Gasteiger partial charge in [0.1, 0.15) is 5.82 Å². The normalized spacial score (nSPS) is 14.4. The molecule has 2 unspecified atom stereocenters. The highest BCUT2D eigenvalue weighted by molar-refractivity contribution is 7.10. The highest BCUT2D eigenvalue weighted by Crippen LogP contribution is 2.28. The molecule has 0 bridgehead atoms. The SMILES string of the molecule is Cc1nc(C)c(C(C)NC(c2cccs2)C(C)C)c(=O)[nH]1. The first kappa shape index (κ1) is 15.9. The van der Waals surface area contributed by atoms with E-state index in [1.165, 1.54) is 4.88 Å². The first-order valence-corrected chi connectivity index (χ1v) is 8.15. The van der Waals surface area contributed by atoms with Crippen molar-refractivity contribution < 1.29 is 0 Å². The maximum atomic E-state index is 12.2. The van der Waals surface area contributed by atoms with Crippen LogP contribution in [0.15, 0.2) is 22.3 Å². The molecule has 2 N–H and O–H groups in total. The van der Waals surface area contributed by atoms with Crippen molar-refractivity contribution in [1.82, 2.24) is 15.3 Å². The van der Waals surface area contributed by atoms with Crippen molar-refractivity contribution in [3.8, 4) is 0 Å². The van der Waals surface area contributed by atoms with Crippen LogP contribution in [0.25, 0.3) is 0 Å². The Morgan fingerprint density at radius 3 is 2.52 bits per heavy atom. The zero-order valence-corrected chi connectivity index (χ0v) is 14.0. The van der Waals surface area contributed by atoms with Gasteiger partial charge in [-0.05, 0) is 38.1 Å². The predicted octanol–water partition coefficient (Wildman–Crippen LogP) is 3.50. The van der Waals surface area contributed by atoms with Gasteiger partial charge in [-0.25, -0.2) is 4.98 Å². The number of hydrogen-bond donors (Lipinski definition) is 2. The summed E-state index contributed by atoms with van der Waals surface area (Å²) in [6, 6.07) is 4.39. The quantitative estimate of drug-likeness (QED) is 0.889. The van der Waals surface area contributed by atoms with Crippen LogP contribution in [0, 0.1) is 19.8 Å². The summed E-state index contributed by atoms with van der Waals surface area (Å²) >= 11 is 1.74. The lowest BCUT2D eigenvalue weighted by molar-refractivity contribution is 0.377. The summed E-state index contributed by atoms with van der Waals surface area (Å²) in [6.45, 7) is 10.1. The number of aryl methyl sites for hydroxylation is 2. The van der Waals surface area contributed by atoms with Crippen LogP contribution >= 0.6 is 11.3 Å². The summed E-state index contributed by atoms with van der Waals surface area (Å²) < 4.78 is 0. The minimum absolute atomic E-state index is 0.0450. The number of aromatic nitrogens is 2. The van der Waals surface area contributed by atoms with Crippen LogP contribution in [0.3, 0.4) is 0 Å². The number of nitrogens with zero attached hydrogens (tertiary/aromatic N) is 1. The van der Waals surface area contributed by atoms with E-state index in [1.807, 2.05) is 13.8 Å². The van der Waals surface area contributed by atoms with Gasteiger partial charge in [0, 0.05) is 22.7 Å². The van der Waals surface area contributed by atoms with Crippen molar-refractivity contribution in [2.45, 2.75) is 46.7 Å². The van der Waals surface area contributed by atoms with E-state index in [0.29, 0.717) is 11.7 Å². The van der Waals surface area contributed by atoms with E-state index >= 15 is 0 Å². The maximum Gasteiger partial charge on any atom is 0.255 e. The molecule has 0 spiro atoms. The van der Waals surface area contributed by atoms with E-state index in [9.17, 15) is 4.79 Å². The molecule has 2 aromatic rings. The smallest absolute Gasteiger partial charge is 0.255 e. The monoisotopic (exact) mass is 305 g/mol. The molecule has 21 heavy (non-hydrogen) atoms. The molecule has 2 rings (SSSR count). The van der Waals surface area contributed by atoms with Gasteiger partial charge in [0.05, 0.1) is 5.56 Å². The van der Waals surface area contributed by atoms with E-state index in [-0.39, 0.29) is 17.6 Å². The molecule has 0 radical (unpaired) electrons. The number of rotatable bonds is 5. The van der Waals surface area contributed by atoms with E-state index in [0.717, 1.165) is 11.3 Å². The van der Waals surface area contributed by atoms with E-state index < -0.39 is 0 Å². The molecule has 0 saturated heterocycles. The summed E-state index contributed by atoms with van der Waals surface area (Å²) in [5, 5.41) is 5.67. The molecule has 2 heterocycles. The number of aromatic amines is 1. The standard InChI is InChI=1S/C16H23N3OS/c1-9(2)15(13-7-6-8-21-13)18-11(4)14-10(3)17-12(5)19-16(14)20/h6-9,11,15,18H,1-5H3,(H,17,19,20). The Labute approximate surface area is 129 Å². The molecular weight excluding hydrogens is 282 g/mol. The molecule has 0 aliphatic heterocycles.